The molecule has 1 heterocycles. The lowest BCUT2D eigenvalue weighted by atomic mass is 10.2. The Hall–Kier alpha value is -3.61. The van der Waals surface area contributed by atoms with Crippen molar-refractivity contribution in [1.29, 1.82) is 0 Å². The van der Waals surface area contributed by atoms with Gasteiger partial charge in [-0.15, -0.1) is 10.2 Å². The van der Waals surface area contributed by atoms with E-state index in [0.29, 0.717) is 23.8 Å². The molecular formula is C20H20N4O3. The van der Waals surface area contributed by atoms with Crippen LogP contribution in [0.5, 0.6) is 11.5 Å². The van der Waals surface area contributed by atoms with Crippen molar-refractivity contribution in [1.82, 2.24) is 10.2 Å². The van der Waals surface area contributed by atoms with E-state index in [4.69, 9.17) is 9.47 Å². The number of carbonyl (C=O) groups is 1. The second kappa shape index (κ2) is 8.66. The quantitative estimate of drug-likeness (QED) is 0.669. The van der Waals surface area contributed by atoms with Gasteiger partial charge in [0, 0.05) is 23.9 Å². The number of rotatable bonds is 7. The van der Waals surface area contributed by atoms with Gasteiger partial charge in [-0.3, -0.25) is 4.79 Å². The smallest absolute Gasteiger partial charge is 0.276 e. The third kappa shape index (κ3) is 4.72. The molecule has 3 aromatic rings. The molecule has 0 radical (unpaired) electrons. The number of para-hydroxylation sites is 1. The average Bonchev–Trinajstić information content (AvgIpc) is 2.73. The van der Waals surface area contributed by atoms with Crippen LogP contribution in [0.2, 0.25) is 0 Å². The Kier molecular flexibility index (Phi) is 5.84. The first-order valence-corrected chi connectivity index (χ1v) is 8.34. The van der Waals surface area contributed by atoms with E-state index < -0.39 is 0 Å². The van der Waals surface area contributed by atoms with Crippen molar-refractivity contribution in [3.8, 4) is 11.5 Å². The largest absolute Gasteiger partial charge is 0.497 e. The van der Waals surface area contributed by atoms with Gasteiger partial charge in [-0.05, 0) is 30.3 Å². The van der Waals surface area contributed by atoms with Gasteiger partial charge in [-0.2, -0.15) is 0 Å². The molecule has 0 bridgehead atoms. The number of methoxy groups -OCH3 is 2. The van der Waals surface area contributed by atoms with Crippen molar-refractivity contribution in [2.75, 3.05) is 24.9 Å². The van der Waals surface area contributed by atoms with Crippen LogP contribution in [0, 0.1) is 0 Å². The first-order valence-electron chi connectivity index (χ1n) is 8.34. The third-order valence-corrected chi connectivity index (χ3v) is 3.88. The third-order valence-electron chi connectivity index (χ3n) is 3.88. The molecule has 27 heavy (non-hydrogen) atoms. The summed E-state index contributed by atoms with van der Waals surface area (Å²) >= 11 is 0. The normalized spacial score (nSPS) is 10.1. The number of nitrogens with one attached hydrogen (secondary N) is 2. The lowest BCUT2D eigenvalue weighted by Gasteiger charge is -2.10. The molecule has 0 atom stereocenters. The minimum Gasteiger partial charge on any atom is -0.497 e. The summed E-state index contributed by atoms with van der Waals surface area (Å²) in [5.41, 5.74) is 1.85. The van der Waals surface area contributed by atoms with Crippen LogP contribution >= 0.6 is 0 Å². The summed E-state index contributed by atoms with van der Waals surface area (Å²) in [5, 5.41) is 14.0. The Bertz CT molecular complexity index is 913. The minimum atomic E-state index is -0.341. The van der Waals surface area contributed by atoms with E-state index in [1.807, 2.05) is 24.3 Å². The van der Waals surface area contributed by atoms with Gasteiger partial charge in [0.05, 0.1) is 14.2 Å². The highest BCUT2D eigenvalue weighted by molar-refractivity contribution is 6.02. The number of aromatic nitrogens is 2. The maximum atomic E-state index is 12.3. The first kappa shape index (κ1) is 18.2. The Balaban J connectivity index is 1.61. The number of amides is 1. The molecule has 0 aliphatic heterocycles. The SMILES string of the molecule is COc1cccc(NC(=O)c2ccc(NCc3ccccc3OC)nn2)c1. The summed E-state index contributed by atoms with van der Waals surface area (Å²) in [6.45, 7) is 0.536. The van der Waals surface area contributed by atoms with Gasteiger partial charge in [0.15, 0.2) is 5.69 Å². The van der Waals surface area contributed by atoms with Crippen molar-refractivity contribution < 1.29 is 14.3 Å². The Labute approximate surface area is 157 Å². The molecule has 0 fully saturated rings. The molecule has 138 valence electrons. The van der Waals surface area contributed by atoms with E-state index in [9.17, 15) is 4.79 Å². The molecule has 0 aliphatic rings. The van der Waals surface area contributed by atoms with Crippen LogP contribution in [-0.4, -0.2) is 30.3 Å². The van der Waals surface area contributed by atoms with E-state index in [1.54, 1.807) is 50.6 Å². The van der Waals surface area contributed by atoms with Crippen LogP contribution in [0.25, 0.3) is 0 Å². The number of ether oxygens (including phenoxy) is 2. The zero-order valence-electron chi connectivity index (χ0n) is 15.1. The molecule has 7 nitrogen and oxygen atoms in total. The fourth-order valence-corrected chi connectivity index (χ4v) is 2.48. The Morgan fingerprint density at radius 3 is 2.56 bits per heavy atom. The standard InChI is InChI=1S/C20H20N4O3/c1-26-16-8-5-7-15(12-16)22-20(25)17-10-11-19(24-23-17)21-13-14-6-3-4-9-18(14)27-2/h3-12H,13H2,1-2H3,(H,21,24)(H,22,25). The monoisotopic (exact) mass is 364 g/mol. The second-order valence-corrected chi connectivity index (χ2v) is 5.66. The average molecular weight is 364 g/mol. The van der Waals surface area contributed by atoms with Gasteiger partial charge in [-0.25, -0.2) is 0 Å². The van der Waals surface area contributed by atoms with Crippen molar-refractivity contribution >= 4 is 17.4 Å². The van der Waals surface area contributed by atoms with Gasteiger partial charge in [-0.1, -0.05) is 24.3 Å². The van der Waals surface area contributed by atoms with Crippen molar-refractivity contribution in [2.45, 2.75) is 6.54 Å². The van der Waals surface area contributed by atoms with Crippen LogP contribution in [0.4, 0.5) is 11.5 Å². The molecule has 0 saturated carbocycles. The van der Waals surface area contributed by atoms with Crippen molar-refractivity contribution in [2.24, 2.45) is 0 Å². The van der Waals surface area contributed by atoms with Gasteiger partial charge in [0.1, 0.15) is 17.3 Å². The van der Waals surface area contributed by atoms with Crippen LogP contribution < -0.4 is 20.1 Å². The first-order chi connectivity index (χ1) is 13.2. The molecule has 1 aromatic heterocycles. The van der Waals surface area contributed by atoms with Crippen LogP contribution in [0.3, 0.4) is 0 Å². The maximum absolute atomic E-state index is 12.3. The van der Waals surface area contributed by atoms with Crippen molar-refractivity contribution in [3.63, 3.8) is 0 Å². The molecule has 2 N–H and O–H groups in total. The lowest BCUT2D eigenvalue weighted by Crippen LogP contribution is -2.15. The van der Waals surface area contributed by atoms with E-state index in [1.165, 1.54) is 0 Å². The summed E-state index contributed by atoms with van der Waals surface area (Å²) in [4.78, 5) is 12.3. The van der Waals surface area contributed by atoms with Gasteiger partial charge in [0.25, 0.3) is 5.91 Å². The highest BCUT2D eigenvalue weighted by Crippen LogP contribution is 2.19. The molecule has 3 rings (SSSR count). The zero-order chi connectivity index (χ0) is 19.1. The molecule has 2 aromatic carbocycles. The molecule has 0 spiro atoms. The summed E-state index contributed by atoms with van der Waals surface area (Å²) < 4.78 is 10.5. The van der Waals surface area contributed by atoms with Gasteiger partial charge < -0.3 is 20.1 Å². The van der Waals surface area contributed by atoms with E-state index in [0.717, 1.165) is 11.3 Å². The molecule has 1 amide bonds. The van der Waals surface area contributed by atoms with Gasteiger partial charge in [0.2, 0.25) is 0 Å². The highest BCUT2D eigenvalue weighted by Gasteiger charge is 2.09. The molecule has 7 heteroatoms. The lowest BCUT2D eigenvalue weighted by molar-refractivity contribution is 0.102. The number of carbonyl (C=O) groups excluding carboxylic acids is 1. The maximum Gasteiger partial charge on any atom is 0.276 e. The number of hydrogen-bond donors (Lipinski definition) is 2. The number of benzene rings is 2. The summed E-state index contributed by atoms with van der Waals surface area (Å²) in [6.07, 6.45) is 0. The van der Waals surface area contributed by atoms with E-state index in [-0.39, 0.29) is 11.6 Å². The summed E-state index contributed by atoms with van der Waals surface area (Å²) in [5.74, 6) is 1.69. The van der Waals surface area contributed by atoms with Crippen LogP contribution in [-0.2, 0) is 6.54 Å². The Morgan fingerprint density at radius 2 is 1.81 bits per heavy atom. The molecule has 0 unspecified atom stereocenters. The highest BCUT2D eigenvalue weighted by atomic mass is 16.5. The number of hydrogen-bond acceptors (Lipinski definition) is 6. The Morgan fingerprint density at radius 1 is 0.963 bits per heavy atom. The fourth-order valence-electron chi connectivity index (χ4n) is 2.48. The number of nitrogens with zero attached hydrogens (tertiary/aromatic N) is 2. The predicted molar refractivity (Wildman–Crippen MR) is 103 cm³/mol. The summed E-state index contributed by atoms with van der Waals surface area (Å²) in [6, 6.07) is 18.2. The molecular weight excluding hydrogens is 344 g/mol. The fraction of sp³-hybridized carbons (Fsp3) is 0.150. The topological polar surface area (TPSA) is 85.4 Å². The van der Waals surface area contributed by atoms with E-state index >= 15 is 0 Å². The minimum absolute atomic E-state index is 0.223. The van der Waals surface area contributed by atoms with Crippen molar-refractivity contribution in [3.05, 3.63) is 71.9 Å². The zero-order valence-corrected chi connectivity index (χ0v) is 15.1. The summed E-state index contributed by atoms with van der Waals surface area (Å²) in [7, 11) is 3.21. The van der Waals surface area contributed by atoms with Crippen LogP contribution in [0.1, 0.15) is 16.1 Å². The van der Waals surface area contributed by atoms with E-state index in [2.05, 4.69) is 20.8 Å². The number of anilines is 2. The molecule has 0 aliphatic carbocycles. The molecule has 0 saturated heterocycles. The van der Waals surface area contributed by atoms with Gasteiger partial charge >= 0.3 is 0 Å². The van der Waals surface area contributed by atoms with Crippen LogP contribution in [0.15, 0.2) is 60.7 Å². The predicted octanol–water partition coefficient (Wildman–Crippen LogP) is 3.36. The second-order valence-electron chi connectivity index (χ2n) is 5.66.